The number of hydrogen-bond donors (Lipinski definition) is 0. The van der Waals surface area contributed by atoms with Crippen molar-refractivity contribution in [3.05, 3.63) is 83.0 Å². The van der Waals surface area contributed by atoms with E-state index in [1.807, 2.05) is 36.4 Å². The van der Waals surface area contributed by atoms with Crippen molar-refractivity contribution >= 4 is 26.8 Å². The largest absolute Gasteiger partial charge is 0.486 e. The Morgan fingerprint density at radius 1 is 1.05 bits per heavy atom. The van der Waals surface area contributed by atoms with E-state index in [1.54, 1.807) is 6.20 Å². The topological polar surface area (TPSA) is 22.1 Å². The van der Waals surface area contributed by atoms with Crippen LogP contribution < -0.4 is 4.74 Å². The lowest BCUT2D eigenvalue weighted by molar-refractivity contribution is 0.306. The Balaban J connectivity index is 1.99. The molecule has 3 aromatic rings. The van der Waals surface area contributed by atoms with Gasteiger partial charge in [0.15, 0.2) is 0 Å². The minimum Gasteiger partial charge on any atom is -0.486 e. The summed E-state index contributed by atoms with van der Waals surface area (Å²) in [6.45, 7) is 4.33. The number of halogens is 1. The Bertz CT molecular complexity index is 813. The molecule has 2 aromatic carbocycles. The summed E-state index contributed by atoms with van der Waals surface area (Å²) in [6, 6.07) is 16.2. The number of nitrogens with zero attached hydrogens (tertiary/aromatic N) is 1. The van der Waals surface area contributed by atoms with Crippen LogP contribution in [0.4, 0.5) is 0 Å². The molecule has 0 aliphatic carbocycles. The lowest BCUT2D eigenvalue weighted by Gasteiger charge is -2.13. The molecule has 0 fully saturated rings. The van der Waals surface area contributed by atoms with Gasteiger partial charge in [-0.3, -0.25) is 4.98 Å². The van der Waals surface area contributed by atoms with Gasteiger partial charge in [0.05, 0.1) is 0 Å². The van der Waals surface area contributed by atoms with Crippen molar-refractivity contribution in [3.8, 4) is 5.75 Å². The number of fused-ring (bicyclic) bond motifs is 1. The van der Waals surface area contributed by atoms with Gasteiger partial charge in [-0.25, -0.2) is 0 Å². The molecule has 0 N–H and O–H groups in total. The molecule has 3 heteroatoms. The van der Waals surface area contributed by atoms with Gasteiger partial charge in [0, 0.05) is 27.2 Å². The first-order valence-electron chi connectivity index (χ1n) is 7.13. The third-order valence-corrected chi connectivity index (χ3v) is 4.28. The molecule has 0 aliphatic heterocycles. The molecular formula is C19H16BrNO. The molecule has 0 spiro atoms. The first kappa shape index (κ1) is 14.8. The van der Waals surface area contributed by atoms with Gasteiger partial charge < -0.3 is 4.74 Å². The van der Waals surface area contributed by atoms with Gasteiger partial charge >= 0.3 is 0 Å². The van der Waals surface area contributed by atoms with E-state index in [0.29, 0.717) is 6.61 Å². The van der Waals surface area contributed by atoms with Crippen LogP contribution in [0.15, 0.2) is 71.9 Å². The second-order valence-corrected chi connectivity index (χ2v) is 5.86. The fourth-order valence-corrected chi connectivity index (χ4v) is 2.80. The lowest BCUT2D eigenvalue weighted by atomic mass is 10.1. The summed E-state index contributed by atoms with van der Waals surface area (Å²) < 4.78 is 7.18. The summed E-state index contributed by atoms with van der Waals surface area (Å²) in [6.07, 6.45) is 4.44. The molecule has 3 rings (SSSR count). The molecule has 1 heterocycles. The van der Waals surface area contributed by atoms with Crippen molar-refractivity contribution in [2.45, 2.75) is 13.0 Å². The molecule has 0 radical (unpaired) electrons. The zero-order valence-electron chi connectivity index (χ0n) is 12.1. The smallest absolute Gasteiger partial charge is 0.149 e. The van der Waals surface area contributed by atoms with Crippen LogP contribution in [0.2, 0.25) is 0 Å². The Hall–Kier alpha value is -2.13. The van der Waals surface area contributed by atoms with Gasteiger partial charge in [-0.05, 0) is 18.6 Å². The number of allylic oxidation sites excluding steroid dienone is 1. The summed E-state index contributed by atoms with van der Waals surface area (Å²) in [5.41, 5.74) is 3.11. The van der Waals surface area contributed by atoms with Gasteiger partial charge in [0.25, 0.3) is 0 Å². The van der Waals surface area contributed by atoms with E-state index >= 15 is 0 Å². The molecule has 0 unspecified atom stereocenters. The van der Waals surface area contributed by atoms with E-state index in [4.69, 9.17) is 4.74 Å². The van der Waals surface area contributed by atoms with Gasteiger partial charge in [-0.1, -0.05) is 58.4 Å². The number of hydrogen-bond acceptors (Lipinski definition) is 2. The van der Waals surface area contributed by atoms with Crippen LogP contribution in [0.25, 0.3) is 10.9 Å². The Morgan fingerprint density at radius 3 is 2.73 bits per heavy atom. The second kappa shape index (κ2) is 6.75. The molecule has 0 bridgehead atoms. The van der Waals surface area contributed by atoms with Gasteiger partial charge in [-0.15, -0.1) is 6.58 Å². The Labute approximate surface area is 138 Å². The first-order valence-corrected chi connectivity index (χ1v) is 7.92. The molecule has 0 aliphatic rings. The van der Waals surface area contributed by atoms with Crippen LogP contribution in [0, 0.1) is 0 Å². The normalized spacial score (nSPS) is 10.6. The molecule has 22 heavy (non-hydrogen) atoms. The monoisotopic (exact) mass is 353 g/mol. The summed E-state index contributed by atoms with van der Waals surface area (Å²) in [5, 5.41) is 1.08. The maximum Gasteiger partial charge on any atom is 0.149 e. The third kappa shape index (κ3) is 3.04. The molecule has 0 saturated carbocycles. The van der Waals surface area contributed by atoms with Crippen molar-refractivity contribution in [2.75, 3.05) is 0 Å². The summed E-state index contributed by atoms with van der Waals surface area (Å²) in [5.74, 6) is 0.841. The van der Waals surface area contributed by atoms with Crippen molar-refractivity contribution in [3.63, 3.8) is 0 Å². The third-order valence-electron chi connectivity index (χ3n) is 3.50. The van der Waals surface area contributed by atoms with Crippen molar-refractivity contribution in [2.24, 2.45) is 0 Å². The van der Waals surface area contributed by atoms with Crippen LogP contribution in [-0.2, 0) is 13.0 Å². The predicted molar refractivity (Wildman–Crippen MR) is 94.1 cm³/mol. The van der Waals surface area contributed by atoms with Crippen molar-refractivity contribution in [1.82, 2.24) is 4.98 Å². The highest BCUT2D eigenvalue weighted by molar-refractivity contribution is 9.10. The number of ether oxygens (including phenoxy) is 1. The number of aromatic nitrogens is 1. The minimum absolute atomic E-state index is 0.501. The average Bonchev–Trinajstić information content (AvgIpc) is 2.55. The van der Waals surface area contributed by atoms with Crippen LogP contribution in [0.3, 0.4) is 0 Å². The van der Waals surface area contributed by atoms with Crippen LogP contribution in [-0.4, -0.2) is 4.98 Å². The number of rotatable bonds is 5. The highest BCUT2D eigenvalue weighted by Crippen LogP contribution is 2.30. The minimum atomic E-state index is 0.501. The van der Waals surface area contributed by atoms with Gasteiger partial charge in [0.2, 0.25) is 0 Å². The molecule has 2 nitrogen and oxygen atoms in total. The number of benzene rings is 2. The predicted octanol–water partition coefficient (Wildman–Crippen LogP) is 5.30. The fraction of sp³-hybridized carbons (Fsp3) is 0.105. The summed E-state index contributed by atoms with van der Waals surface area (Å²) >= 11 is 3.56. The fourth-order valence-electron chi connectivity index (χ4n) is 2.40. The molecule has 110 valence electrons. The first-order chi connectivity index (χ1) is 10.8. The zero-order valence-corrected chi connectivity index (χ0v) is 13.7. The van der Waals surface area contributed by atoms with Crippen molar-refractivity contribution in [1.29, 1.82) is 0 Å². The maximum atomic E-state index is 6.13. The Morgan fingerprint density at radius 2 is 1.91 bits per heavy atom. The quantitative estimate of drug-likeness (QED) is 0.580. The average molecular weight is 354 g/mol. The summed E-state index contributed by atoms with van der Waals surface area (Å²) in [4.78, 5) is 4.49. The molecule has 0 atom stereocenters. The standard InChI is InChI=1S/C19H16BrNO/c1-2-6-15-11-10-14-8-5-12-21-18(14)19(15)22-13-16-7-3-4-9-17(16)20/h2-5,7-12H,1,6,13H2. The van der Waals surface area contributed by atoms with Gasteiger partial charge in [0.1, 0.15) is 17.9 Å². The maximum absolute atomic E-state index is 6.13. The van der Waals surface area contributed by atoms with E-state index in [0.717, 1.165) is 38.7 Å². The molecule has 0 saturated heterocycles. The molecule has 0 amide bonds. The summed E-state index contributed by atoms with van der Waals surface area (Å²) in [7, 11) is 0. The van der Waals surface area contributed by atoms with E-state index < -0.39 is 0 Å². The second-order valence-electron chi connectivity index (χ2n) is 5.00. The van der Waals surface area contributed by atoms with Gasteiger partial charge in [-0.2, -0.15) is 0 Å². The van der Waals surface area contributed by atoms with E-state index in [-0.39, 0.29) is 0 Å². The van der Waals surface area contributed by atoms with Crippen LogP contribution in [0.5, 0.6) is 5.75 Å². The van der Waals surface area contributed by atoms with E-state index in [2.05, 4.69) is 45.7 Å². The zero-order chi connectivity index (χ0) is 15.4. The lowest BCUT2D eigenvalue weighted by Crippen LogP contribution is -2.00. The van der Waals surface area contributed by atoms with Crippen molar-refractivity contribution < 1.29 is 4.74 Å². The number of pyridine rings is 1. The van der Waals surface area contributed by atoms with Crippen LogP contribution >= 0.6 is 15.9 Å². The highest BCUT2D eigenvalue weighted by Gasteiger charge is 2.10. The van der Waals surface area contributed by atoms with E-state index in [9.17, 15) is 0 Å². The van der Waals surface area contributed by atoms with Crippen LogP contribution in [0.1, 0.15) is 11.1 Å². The van der Waals surface area contributed by atoms with E-state index in [1.165, 1.54) is 0 Å². The molecule has 1 aromatic heterocycles. The highest BCUT2D eigenvalue weighted by atomic mass is 79.9. The SMILES string of the molecule is C=CCc1ccc2cccnc2c1OCc1ccccc1Br. The Kier molecular flexibility index (Phi) is 4.54. The molecular weight excluding hydrogens is 338 g/mol.